The molecular formula is C52H40N8O5S3. The molecule has 0 bridgehead atoms. The first-order chi connectivity index (χ1) is 33.4. The predicted molar refractivity (Wildman–Crippen MR) is 266 cm³/mol. The zero-order valence-corrected chi connectivity index (χ0v) is 38.7. The normalized spacial score (nSPS) is 15.9. The summed E-state index contributed by atoms with van der Waals surface area (Å²) < 4.78 is 12.9. The van der Waals surface area contributed by atoms with E-state index in [4.69, 9.17) is 31.2 Å². The first-order valence-electron chi connectivity index (χ1n) is 21.5. The number of anilines is 1. The lowest BCUT2D eigenvalue weighted by Gasteiger charge is -2.50. The van der Waals surface area contributed by atoms with Gasteiger partial charge in [-0.15, -0.1) is 33.3 Å². The van der Waals surface area contributed by atoms with Crippen molar-refractivity contribution in [2.45, 2.75) is 23.1 Å². The van der Waals surface area contributed by atoms with E-state index in [1.54, 1.807) is 23.7 Å². The van der Waals surface area contributed by atoms with Gasteiger partial charge in [-0.05, 0) is 52.2 Å². The van der Waals surface area contributed by atoms with Crippen molar-refractivity contribution < 1.29 is 23.6 Å². The summed E-state index contributed by atoms with van der Waals surface area (Å²) in [5.41, 5.74) is 5.25. The standard InChI is InChI=1S/C52H40N8O5S3/c1-63-59-41(40-32-68-51(54-40)56-52(35-23-11-4-12-24-35,36-25-13-5-14-26-36)37-27-15-6-16-28-37)45(61)55-42-48(62)60-43(50(66)64-44(33-19-7-2-8-20-33)34-21-9-3-10-22-34)38(31-67-49(42)60)46-57-58-47(65-46)39-29-17-18-30-53-39/h2-30,32,42,44,49H,31H2,1H3,(H,54,56)(H,55,61)/t42-,49-/m1/s1. The number of hydrogen-bond acceptors (Lipinski definition) is 14. The lowest BCUT2D eigenvalue weighted by Crippen LogP contribution is -2.71. The molecule has 5 heterocycles. The van der Waals surface area contributed by atoms with Gasteiger partial charge in [0.05, 0.1) is 5.57 Å². The van der Waals surface area contributed by atoms with Gasteiger partial charge in [-0.2, -0.15) is 0 Å². The summed E-state index contributed by atoms with van der Waals surface area (Å²) in [6.45, 7) is 0. The van der Waals surface area contributed by atoms with Crippen LogP contribution in [-0.2, 0) is 24.7 Å². The molecule has 0 aliphatic carbocycles. The van der Waals surface area contributed by atoms with Crippen LogP contribution >= 0.6 is 35.3 Å². The molecule has 2 atom stereocenters. The fourth-order valence-corrected chi connectivity index (χ4v) is 10.7. The smallest absolute Gasteiger partial charge is 0.276 e. The minimum atomic E-state index is -0.974. The molecule has 0 radical (unpaired) electrons. The third-order valence-electron chi connectivity index (χ3n) is 11.5. The molecule has 3 aromatic heterocycles. The number of β-lactam (4-membered cyclic amide) rings is 1. The van der Waals surface area contributed by atoms with Crippen molar-refractivity contribution in [3.63, 3.8) is 0 Å². The number of amides is 2. The van der Waals surface area contributed by atoms with Crippen LogP contribution in [0.25, 0.3) is 17.2 Å². The zero-order chi connectivity index (χ0) is 46.5. The van der Waals surface area contributed by atoms with Crippen LogP contribution in [0, 0.1) is 0 Å². The van der Waals surface area contributed by atoms with E-state index in [1.165, 1.54) is 35.1 Å². The van der Waals surface area contributed by atoms with Crippen LogP contribution < -0.4 is 10.6 Å². The summed E-state index contributed by atoms with van der Waals surface area (Å²) in [6, 6.07) is 54.2. The zero-order valence-electron chi connectivity index (χ0n) is 36.2. The average molecular weight is 953 g/mol. The summed E-state index contributed by atoms with van der Waals surface area (Å²) >= 11 is 8.85. The van der Waals surface area contributed by atoms with Gasteiger partial charge in [0.25, 0.3) is 17.7 Å². The number of nitrogens with one attached hydrogen (secondary N) is 2. The van der Waals surface area contributed by atoms with E-state index in [0.717, 1.165) is 27.8 Å². The van der Waals surface area contributed by atoms with Crippen molar-refractivity contribution in [3.05, 3.63) is 227 Å². The van der Waals surface area contributed by atoms with Gasteiger partial charge < -0.3 is 24.6 Å². The molecule has 5 aromatic carbocycles. The van der Waals surface area contributed by atoms with E-state index in [1.807, 2.05) is 121 Å². The largest absolute Gasteiger partial charge is 0.469 e. The first kappa shape index (κ1) is 44.1. The van der Waals surface area contributed by atoms with Crippen molar-refractivity contribution in [2.75, 3.05) is 18.2 Å². The number of rotatable bonds is 15. The first-order valence-corrected chi connectivity index (χ1v) is 23.8. The van der Waals surface area contributed by atoms with E-state index in [2.05, 4.69) is 67.4 Å². The van der Waals surface area contributed by atoms with Crippen molar-refractivity contribution in [3.8, 4) is 11.6 Å². The maximum atomic E-state index is 14.5. The third-order valence-corrected chi connectivity index (χ3v) is 13.8. The minimum Gasteiger partial charge on any atom is -0.469 e. The topological polar surface area (TPSA) is 157 Å². The molecular weight excluding hydrogens is 913 g/mol. The van der Waals surface area contributed by atoms with E-state index in [-0.39, 0.29) is 34.0 Å². The summed E-state index contributed by atoms with van der Waals surface area (Å²) in [6.07, 6.45) is 1.02. The molecule has 2 amide bonds. The fourth-order valence-electron chi connectivity index (χ4n) is 8.34. The van der Waals surface area contributed by atoms with Crippen LogP contribution in [-0.4, -0.2) is 71.9 Å². The molecule has 0 spiro atoms. The number of hydrogen-bond donors (Lipinski definition) is 2. The van der Waals surface area contributed by atoms with E-state index < -0.39 is 34.9 Å². The van der Waals surface area contributed by atoms with Crippen molar-refractivity contribution in [2.24, 2.45) is 5.16 Å². The highest BCUT2D eigenvalue weighted by atomic mass is 32.2. The maximum Gasteiger partial charge on any atom is 0.276 e. The van der Waals surface area contributed by atoms with E-state index in [9.17, 15) is 9.59 Å². The van der Waals surface area contributed by atoms with Crippen molar-refractivity contribution >= 4 is 68.6 Å². The minimum absolute atomic E-state index is 0.0421. The van der Waals surface area contributed by atoms with Gasteiger partial charge in [0.2, 0.25) is 10.9 Å². The lowest BCUT2D eigenvalue weighted by atomic mass is 9.77. The Morgan fingerprint density at radius 2 is 1.35 bits per heavy atom. The number of nitrogens with zero attached hydrogens (tertiary/aromatic N) is 6. The van der Waals surface area contributed by atoms with Crippen LogP contribution in [0.15, 0.2) is 197 Å². The van der Waals surface area contributed by atoms with Crippen molar-refractivity contribution in [1.29, 1.82) is 0 Å². The monoisotopic (exact) mass is 952 g/mol. The number of aromatic nitrogens is 4. The second-order valence-corrected chi connectivity index (χ2v) is 17.9. The molecule has 0 saturated carbocycles. The SMILES string of the molecule is CON=C(C(=O)N[C@@H]1C(=O)N2C(C(=S)OC(c3ccccc3)c3ccccc3)=C(c3nnc(-c4ccccn4)o3)CS[C@H]12)c1csc(NC(c2ccccc2)(c2ccccc2)c2ccccc2)n1. The predicted octanol–water partition coefficient (Wildman–Crippen LogP) is 9.29. The molecule has 68 heavy (non-hydrogen) atoms. The Morgan fingerprint density at radius 1 is 0.794 bits per heavy atom. The fraction of sp³-hybridized carbons (Fsp3) is 0.115. The molecule has 336 valence electrons. The number of carbonyl (C=O) groups excluding carboxylic acids is 2. The molecule has 2 aliphatic rings. The number of carbonyl (C=O) groups is 2. The van der Waals surface area contributed by atoms with E-state index >= 15 is 0 Å². The Kier molecular flexibility index (Phi) is 12.7. The van der Waals surface area contributed by atoms with E-state index in [0.29, 0.717) is 22.1 Å². The number of thiocarbonyl (C=S) groups is 1. The van der Waals surface area contributed by atoms with Gasteiger partial charge in [-0.1, -0.05) is 163 Å². The van der Waals surface area contributed by atoms with Gasteiger partial charge in [0, 0.05) is 17.3 Å². The van der Waals surface area contributed by atoms with Gasteiger partial charge >= 0.3 is 0 Å². The number of fused-ring (bicyclic) bond motifs is 1. The molecule has 1 saturated heterocycles. The van der Waals surface area contributed by atoms with Crippen LogP contribution in [0.1, 0.15) is 45.5 Å². The number of thiazole rings is 1. The Bertz CT molecular complexity index is 2990. The number of benzene rings is 5. The average Bonchev–Trinajstić information content (AvgIpc) is 4.10. The summed E-state index contributed by atoms with van der Waals surface area (Å²) in [5.74, 6) is -0.425. The van der Waals surface area contributed by atoms with Crippen LogP contribution in [0.2, 0.25) is 0 Å². The highest BCUT2D eigenvalue weighted by Gasteiger charge is 2.55. The Morgan fingerprint density at radius 3 is 1.91 bits per heavy atom. The highest BCUT2D eigenvalue weighted by Crippen LogP contribution is 2.45. The number of oxime groups is 1. The maximum absolute atomic E-state index is 14.5. The second kappa shape index (κ2) is 19.6. The van der Waals surface area contributed by atoms with Gasteiger partial charge in [0.15, 0.2) is 10.8 Å². The van der Waals surface area contributed by atoms with Gasteiger partial charge in [-0.3, -0.25) is 19.5 Å². The van der Waals surface area contributed by atoms with Gasteiger partial charge in [-0.25, -0.2) is 4.98 Å². The molecule has 2 N–H and O–H groups in total. The number of ether oxygens (including phenoxy) is 1. The van der Waals surface area contributed by atoms with Crippen LogP contribution in [0.3, 0.4) is 0 Å². The molecule has 16 heteroatoms. The summed E-state index contributed by atoms with van der Waals surface area (Å²) in [4.78, 5) is 44.9. The Labute approximate surface area is 405 Å². The third kappa shape index (κ3) is 8.56. The summed E-state index contributed by atoms with van der Waals surface area (Å²) in [5, 5.41) is 21.2. The summed E-state index contributed by atoms with van der Waals surface area (Å²) in [7, 11) is 1.35. The molecule has 1 fully saturated rings. The molecule has 0 unspecified atom stereocenters. The molecule has 13 nitrogen and oxygen atoms in total. The lowest BCUT2D eigenvalue weighted by molar-refractivity contribution is -0.144. The van der Waals surface area contributed by atoms with Gasteiger partial charge in [0.1, 0.15) is 47.3 Å². The number of pyridine rings is 1. The Balaban J connectivity index is 0.946. The molecule has 10 rings (SSSR count). The molecule has 8 aromatic rings. The van der Waals surface area contributed by atoms with Crippen LogP contribution in [0.5, 0.6) is 0 Å². The number of thioether (sulfide) groups is 1. The highest BCUT2D eigenvalue weighted by molar-refractivity contribution is 8.00. The quantitative estimate of drug-likeness (QED) is 0.0331. The van der Waals surface area contributed by atoms with Crippen LogP contribution in [0.4, 0.5) is 5.13 Å². The Hall–Kier alpha value is -7.79. The second-order valence-electron chi connectivity index (χ2n) is 15.6. The molecule has 2 aliphatic heterocycles. The van der Waals surface area contributed by atoms with Crippen molar-refractivity contribution in [1.82, 2.24) is 30.4 Å².